The molecule has 1 amide bonds. The number of nitrogens with one attached hydrogen (secondary N) is 1. The smallest absolute Gasteiger partial charge is 0.292 e. The van der Waals surface area contributed by atoms with E-state index in [1.807, 2.05) is 30.7 Å². The summed E-state index contributed by atoms with van der Waals surface area (Å²) in [5.41, 5.74) is 2.76. The van der Waals surface area contributed by atoms with Crippen molar-refractivity contribution in [1.82, 2.24) is 19.6 Å². The lowest BCUT2D eigenvalue weighted by molar-refractivity contribution is 0.0994. The molecule has 31 heavy (non-hydrogen) atoms. The second-order valence-electron chi connectivity index (χ2n) is 7.06. The van der Waals surface area contributed by atoms with Crippen molar-refractivity contribution in [3.05, 3.63) is 86.1 Å². The molecule has 3 aromatic heterocycles. The molecule has 0 bridgehead atoms. The molecule has 4 aromatic rings. The largest absolute Gasteiger partial charge is 0.454 e. The van der Waals surface area contributed by atoms with Crippen LogP contribution in [0.3, 0.4) is 0 Å². The molecule has 0 radical (unpaired) electrons. The fourth-order valence-corrected chi connectivity index (χ4v) is 3.79. The minimum atomic E-state index is -0.448. The van der Waals surface area contributed by atoms with Gasteiger partial charge in [-0.05, 0) is 49.7 Å². The zero-order chi connectivity index (χ0) is 22.1. The SMILES string of the molecule is Cc1cc(C)n(Cc2ccc(C(=O)Nc3nn(Cc4ccc(Cl)cc4Cl)cc3Cl)o2)n1. The predicted octanol–water partition coefficient (Wildman–Crippen LogP) is 5.60. The average molecular weight is 479 g/mol. The lowest BCUT2D eigenvalue weighted by atomic mass is 10.2. The number of aryl methyl sites for hydroxylation is 2. The summed E-state index contributed by atoms with van der Waals surface area (Å²) < 4.78 is 9.08. The van der Waals surface area contributed by atoms with Gasteiger partial charge in [-0.3, -0.25) is 14.2 Å². The number of nitrogens with zero attached hydrogens (tertiary/aromatic N) is 4. The minimum Gasteiger partial charge on any atom is -0.454 e. The van der Waals surface area contributed by atoms with Crippen molar-refractivity contribution >= 4 is 46.5 Å². The van der Waals surface area contributed by atoms with Gasteiger partial charge in [-0.2, -0.15) is 10.2 Å². The van der Waals surface area contributed by atoms with Gasteiger partial charge >= 0.3 is 0 Å². The number of aromatic nitrogens is 4. The van der Waals surface area contributed by atoms with Crippen LogP contribution in [0.5, 0.6) is 0 Å². The molecule has 4 rings (SSSR count). The first-order valence-corrected chi connectivity index (χ1v) is 10.5. The molecular formula is C21H18Cl3N5O2. The Hall–Kier alpha value is -2.74. The lowest BCUT2D eigenvalue weighted by Gasteiger charge is -2.05. The van der Waals surface area contributed by atoms with E-state index in [-0.39, 0.29) is 11.6 Å². The Labute approximate surface area is 193 Å². The van der Waals surface area contributed by atoms with E-state index in [1.165, 1.54) is 0 Å². The van der Waals surface area contributed by atoms with Crippen LogP contribution in [0, 0.1) is 13.8 Å². The third-order valence-electron chi connectivity index (χ3n) is 4.59. The molecule has 0 spiro atoms. The maximum Gasteiger partial charge on any atom is 0.292 e. The Bertz CT molecular complexity index is 1260. The first-order valence-electron chi connectivity index (χ1n) is 9.36. The fourth-order valence-electron chi connectivity index (χ4n) is 3.12. The van der Waals surface area contributed by atoms with Gasteiger partial charge in [-0.1, -0.05) is 40.9 Å². The lowest BCUT2D eigenvalue weighted by Crippen LogP contribution is -2.12. The van der Waals surface area contributed by atoms with Crippen LogP contribution < -0.4 is 5.32 Å². The third-order valence-corrected chi connectivity index (χ3v) is 5.45. The van der Waals surface area contributed by atoms with Crippen LogP contribution in [0.25, 0.3) is 0 Å². The van der Waals surface area contributed by atoms with E-state index in [9.17, 15) is 4.79 Å². The molecule has 10 heteroatoms. The van der Waals surface area contributed by atoms with E-state index in [1.54, 1.807) is 35.1 Å². The molecule has 0 atom stereocenters. The molecule has 7 nitrogen and oxygen atoms in total. The topological polar surface area (TPSA) is 77.9 Å². The molecule has 0 aliphatic carbocycles. The summed E-state index contributed by atoms with van der Waals surface area (Å²) in [7, 11) is 0. The van der Waals surface area contributed by atoms with Crippen molar-refractivity contribution in [2.24, 2.45) is 0 Å². The third kappa shape index (κ3) is 4.95. The Morgan fingerprint density at radius 3 is 2.55 bits per heavy atom. The van der Waals surface area contributed by atoms with Gasteiger partial charge < -0.3 is 9.73 Å². The van der Waals surface area contributed by atoms with Crippen LogP contribution in [-0.4, -0.2) is 25.5 Å². The Balaban J connectivity index is 1.44. The summed E-state index contributed by atoms with van der Waals surface area (Å²) in [4.78, 5) is 12.6. The van der Waals surface area contributed by atoms with Crippen LogP contribution in [-0.2, 0) is 13.1 Å². The Kier molecular flexibility index (Phi) is 6.09. The zero-order valence-corrected chi connectivity index (χ0v) is 19.0. The van der Waals surface area contributed by atoms with Crippen molar-refractivity contribution in [3.63, 3.8) is 0 Å². The average Bonchev–Trinajstić information content (AvgIpc) is 3.38. The van der Waals surface area contributed by atoms with E-state index in [2.05, 4.69) is 15.5 Å². The summed E-state index contributed by atoms with van der Waals surface area (Å²) >= 11 is 18.4. The molecule has 0 saturated heterocycles. The van der Waals surface area contributed by atoms with Gasteiger partial charge in [0, 0.05) is 21.9 Å². The highest BCUT2D eigenvalue weighted by molar-refractivity contribution is 6.35. The number of rotatable bonds is 6. The number of amides is 1. The normalized spacial score (nSPS) is 11.1. The number of hydrogen-bond donors (Lipinski definition) is 1. The second kappa shape index (κ2) is 8.78. The number of hydrogen-bond acceptors (Lipinski definition) is 4. The number of carbonyl (C=O) groups is 1. The summed E-state index contributed by atoms with van der Waals surface area (Å²) in [6, 6.07) is 10.5. The van der Waals surface area contributed by atoms with Crippen LogP contribution in [0.1, 0.15) is 33.3 Å². The minimum absolute atomic E-state index is 0.155. The number of halogens is 3. The standard InChI is InChI=1S/C21H18Cl3N5O2/c1-12-7-13(2)29(26-12)10-16-5-6-19(31-16)21(30)25-20-18(24)11-28(27-20)9-14-3-4-15(22)8-17(14)23/h3-8,11H,9-10H2,1-2H3,(H,25,27,30). The van der Waals surface area contributed by atoms with Gasteiger partial charge in [0.1, 0.15) is 10.8 Å². The molecule has 3 heterocycles. The number of furan rings is 1. The first kappa shape index (κ1) is 21.5. The quantitative estimate of drug-likeness (QED) is 0.391. The molecule has 0 unspecified atom stereocenters. The van der Waals surface area contributed by atoms with Crippen molar-refractivity contribution in [3.8, 4) is 0 Å². The monoisotopic (exact) mass is 477 g/mol. The molecule has 0 fully saturated rings. The second-order valence-corrected chi connectivity index (χ2v) is 8.31. The summed E-state index contributed by atoms with van der Waals surface area (Å²) in [6.07, 6.45) is 1.61. The highest BCUT2D eigenvalue weighted by Gasteiger charge is 2.17. The number of carbonyl (C=O) groups excluding carboxylic acids is 1. The zero-order valence-electron chi connectivity index (χ0n) is 16.7. The van der Waals surface area contributed by atoms with Gasteiger partial charge in [0.2, 0.25) is 0 Å². The van der Waals surface area contributed by atoms with Gasteiger partial charge in [0.05, 0.1) is 18.8 Å². The molecule has 0 aliphatic heterocycles. The van der Waals surface area contributed by atoms with Crippen molar-refractivity contribution in [2.45, 2.75) is 26.9 Å². The van der Waals surface area contributed by atoms with Crippen LogP contribution in [0.2, 0.25) is 15.1 Å². The summed E-state index contributed by atoms with van der Waals surface area (Å²) in [5.74, 6) is 0.554. The van der Waals surface area contributed by atoms with Gasteiger partial charge in [-0.25, -0.2) is 0 Å². The highest BCUT2D eigenvalue weighted by Crippen LogP contribution is 2.25. The van der Waals surface area contributed by atoms with E-state index in [4.69, 9.17) is 39.2 Å². The molecule has 0 saturated carbocycles. The van der Waals surface area contributed by atoms with E-state index in [0.29, 0.717) is 33.9 Å². The fraction of sp³-hybridized carbons (Fsp3) is 0.190. The maximum absolute atomic E-state index is 12.6. The van der Waals surface area contributed by atoms with Gasteiger partial charge in [0.15, 0.2) is 11.6 Å². The van der Waals surface area contributed by atoms with Crippen molar-refractivity contribution in [2.75, 3.05) is 5.32 Å². The first-order chi connectivity index (χ1) is 14.8. The van der Waals surface area contributed by atoms with E-state index in [0.717, 1.165) is 17.0 Å². The maximum atomic E-state index is 12.6. The Morgan fingerprint density at radius 1 is 1.03 bits per heavy atom. The van der Waals surface area contributed by atoms with Crippen LogP contribution >= 0.6 is 34.8 Å². The van der Waals surface area contributed by atoms with Crippen LogP contribution in [0.15, 0.2) is 47.0 Å². The van der Waals surface area contributed by atoms with Crippen molar-refractivity contribution < 1.29 is 9.21 Å². The predicted molar refractivity (Wildman–Crippen MR) is 120 cm³/mol. The van der Waals surface area contributed by atoms with Crippen molar-refractivity contribution in [1.29, 1.82) is 0 Å². The number of benzene rings is 1. The van der Waals surface area contributed by atoms with Gasteiger partial charge in [-0.15, -0.1) is 0 Å². The highest BCUT2D eigenvalue weighted by atomic mass is 35.5. The van der Waals surface area contributed by atoms with Crippen LogP contribution in [0.4, 0.5) is 5.82 Å². The number of anilines is 1. The summed E-state index contributed by atoms with van der Waals surface area (Å²) in [6.45, 7) is 4.70. The molecular weight excluding hydrogens is 461 g/mol. The summed E-state index contributed by atoms with van der Waals surface area (Å²) in [5, 5.41) is 12.8. The molecule has 0 aliphatic rings. The Morgan fingerprint density at radius 2 is 1.84 bits per heavy atom. The molecule has 1 N–H and O–H groups in total. The van der Waals surface area contributed by atoms with E-state index < -0.39 is 5.91 Å². The van der Waals surface area contributed by atoms with Gasteiger partial charge in [0.25, 0.3) is 5.91 Å². The van der Waals surface area contributed by atoms with E-state index >= 15 is 0 Å². The molecule has 160 valence electrons. The molecule has 1 aromatic carbocycles.